The van der Waals surface area contributed by atoms with Gasteiger partial charge in [0.05, 0.1) is 13.2 Å². The first-order chi connectivity index (χ1) is 6.93. The van der Waals surface area contributed by atoms with Gasteiger partial charge in [0, 0.05) is 51.4 Å². The summed E-state index contributed by atoms with van der Waals surface area (Å²) in [4.78, 5) is 5.22. The van der Waals surface area contributed by atoms with Crippen LogP contribution in [0.1, 0.15) is 0 Å². The van der Waals surface area contributed by atoms with Crippen molar-refractivity contribution in [3.63, 3.8) is 0 Å². The molecule has 0 amide bonds. The van der Waals surface area contributed by atoms with Crippen molar-refractivity contribution in [2.24, 2.45) is 0 Å². The number of morpholine rings is 1. The van der Waals surface area contributed by atoms with Gasteiger partial charge in [0.1, 0.15) is 0 Å². The van der Waals surface area contributed by atoms with Crippen molar-refractivity contribution in [3.8, 4) is 0 Å². The third-order valence-electron chi connectivity index (χ3n) is 3.75. The molecule has 3 fully saturated rings. The molecule has 0 unspecified atom stereocenters. The Kier molecular flexibility index (Phi) is 2.45. The van der Waals surface area contributed by atoms with Crippen LogP contribution in [0.2, 0.25) is 0 Å². The highest BCUT2D eigenvalue weighted by atomic mass is 16.5. The molecule has 4 nitrogen and oxygen atoms in total. The number of piperazine rings is 1. The Labute approximate surface area is 85.2 Å². The van der Waals surface area contributed by atoms with Gasteiger partial charge in [0.15, 0.2) is 0 Å². The molecule has 14 heavy (non-hydrogen) atoms. The Hall–Kier alpha value is -0.160. The van der Waals surface area contributed by atoms with Crippen LogP contribution in [0.4, 0.5) is 0 Å². The van der Waals surface area contributed by atoms with Gasteiger partial charge in [-0.05, 0) is 0 Å². The molecular weight excluding hydrogens is 178 g/mol. The molecule has 0 aliphatic carbocycles. The Bertz CT molecular complexity index is 208. The minimum Gasteiger partial charge on any atom is -0.378 e. The molecule has 3 rings (SSSR count). The maximum absolute atomic E-state index is 5.53. The van der Waals surface area contributed by atoms with Gasteiger partial charge in [0.2, 0.25) is 0 Å². The van der Waals surface area contributed by atoms with Crippen molar-refractivity contribution in [3.05, 3.63) is 0 Å². The minimum atomic E-state index is 0.665. The van der Waals surface area contributed by atoms with Crippen molar-refractivity contribution in [2.75, 3.05) is 52.5 Å². The lowest BCUT2D eigenvalue weighted by Gasteiger charge is -2.48. The number of nitrogens with one attached hydrogen (secondary N) is 1. The summed E-state index contributed by atoms with van der Waals surface area (Å²) in [5, 5.41) is 3.34. The molecule has 3 heterocycles. The molecule has 0 spiro atoms. The maximum Gasteiger partial charge on any atom is 0.0634 e. The normalized spacial score (nSPS) is 36.4. The standard InChI is InChI=1S/C10H19N3O/c1-2-13(9-5-11-6-9)7-10-8-14-4-3-12(1)10/h9-11H,1-8H2/t10-/m1/s1. The van der Waals surface area contributed by atoms with Crippen LogP contribution in [-0.2, 0) is 4.74 Å². The first kappa shape index (κ1) is 9.09. The fraction of sp³-hybridized carbons (Fsp3) is 1.00. The van der Waals surface area contributed by atoms with Gasteiger partial charge in [-0.3, -0.25) is 9.80 Å². The van der Waals surface area contributed by atoms with Gasteiger partial charge in [0.25, 0.3) is 0 Å². The summed E-state index contributed by atoms with van der Waals surface area (Å²) >= 11 is 0. The molecule has 0 saturated carbocycles. The summed E-state index contributed by atoms with van der Waals surface area (Å²) in [6, 6.07) is 1.47. The molecule has 1 atom stereocenters. The number of fused-ring (bicyclic) bond motifs is 1. The zero-order chi connectivity index (χ0) is 9.38. The second-order valence-electron chi connectivity index (χ2n) is 4.57. The van der Waals surface area contributed by atoms with E-state index in [9.17, 15) is 0 Å². The summed E-state index contributed by atoms with van der Waals surface area (Å²) < 4.78 is 5.53. The number of hydrogen-bond acceptors (Lipinski definition) is 4. The highest BCUT2D eigenvalue weighted by Gasteiger charge is 2.34. The molecule has 0 aromatic heterocycles. The second kappa shape index (κ2) is 3.77. The van der Waals surface area contributed by atoms with Crippen molar-refractivity contribution >= 4 is 0 Å². The predicted molar refractivity (Wildman–Crippen MR) is 54.4 cm³/mol. The van der Waals surface area contributed by atoms with Crippen LogP contribution < -0.4 is 5.32 Å². The summed E-state index contributed by atoms with van der Waals surface area (Å²) in [6.45, 7) is 9.10. The number of rotatable bonds is 1. The first-order valence-corrected chi connectivity index (χ1v) is 5.70. The van der Waals surface area contributed by atoms with E-state index in [4.69, 9.17) is 4.74 Å². The highest BCUT2D eigenvalue weighted by molar-refractivity contribution is 4.91. The van der Waals surface area contributed by atoms with E-state index in [0.717, 1.165) is 25.8 Å². The van der Waals surface area contributed by atoms with Gasteiger partial charge < -0.3 is 10.1 Å². The predicted octanol–water partition coefficient (Wildman–Crippen LogP) is -1.03. The van der Waals surface area contributed by atoms with Crippen LogP contribution >= 0.6 is 0 Å². The molecule has 3 saturated heterocycles. The molecule has 4 heteroatoms. The van der Waals surface area contributed by atoms with E-state index in [2.05, 4.69) is 15.1 Å². The zero-order valence-corrected chi connectivity index (χ0v) is 8.61. The third kappa shape index (κ3) is 1.56. The van der Waals surface area contributed by atoms with Crippen LogP contribution in [0.5, 0.6) is 0 Å². The zero-order valence-electron chi connectivity index (χ0n) is 8.61. The van der Waals surface area contributed by atoms with E-state index in [1.54, 1.807) is 0 Å². The van der Waals surface area contributed by atoms with Gasteiger partial charge >= 0.3 is 0 Å². The summed E-state index contributed by atoms with van der Waals surface area (Å²) in [6.07, 6.45) is 0. The fourth-order valence-electron chi connectivity index (χ4n) is 2.63. The average Bonchev–Trinajstić information content (AvgIpc) is 2.15. The van der Waals surface area contributed by atoms with Crippen LogP contribution in [-0.4, -0.2) is 74.4 Å². The molecule has 3 aliphatic rings. The molecule has 1 N–H and O–H groups in total. The van der Waals surface area contributed by atoms with E-state index >= 15 is 0 Å². The van der Waals surface area contributed by atoms with Crippen LogP contribution in [0.25, 0.3) is 0 Å². The van der Waals surface area contributed by atoms with E-state index in [-0.39, 0.29) is 0 Å². The molecule has 0 radical (unpaired) electrons. The SMILES string of the molecule is C1CN2CCN(C3CNC3)C[C@@H]2CO1. The molecule has 0 bridgehead atoms. The van der Waals surface area contributed by atoms with Gasteiger partial charge in [-0.25, -0.2) is 0 Å². The number of hydrogen-bond donors (Lipinski definition) is 1. The first-order valence-electron chi connectivity index (χ1n) is 5.70. The quantitative estimate of drug-likeness (QED) is 0.582. The third-order valence-corrected chi connectivity index (χ3v) is 3.75. The fourth-order valence-corrected chi connectivity index (χ4v) is 2.63. The lowest BCUT2D eigenvalue weighted by atomic mass is 10.1. The monoisotopic (exact) mass is 197 g/mol. The molecule has 3 aliphatic heterocycles. The lowest BCUT2D eigenvalue weighted by Crippen LogP contribution is -2.65. The summed E-state index contributed by atoms with van der Waals surface area (Å²) in [7, 11) is 0. The van der Waals surface area contributed by atoms with E-state index < -0.39 is 0 Å². The van der Waals surface area contributed by atoms with Crippen LogP contribution in [0.15, 0.2) is 0 Å². The van der Waals surface area contributed by atoms with Crippen LogP contribution in [0.3, 0.4) is 0 Å². The average molecular weight is 197 g/mol. The molecule has 0 aromatic carbocycles. The molecule has 80 valence electrons. The highest BCUT2D eigenvalue weighted by Crippen LogP contribution is 2.16. The van der Waals surface area contributed by atoms with E-state index in [0.29, 0.717) is 6.04 Å². The Morgan fingerprint density at radius 3 is 2.64 bits per heavy atom. The largest absolute Gasteiger partial charge is 0.378 e. The topological polar surface area (TPSA) is 27.7 Å². The van der Waals surface area contributed by atoms with Gasteiger partial charge in [-0.15, -0.1) is 0 Å². The Morgan fingerprint density at radius 2 is 1.86 bits per heavy atom. The Morgan fingerprint density at radius 1 is 1.00 bits per heavy atom. The number of ether oxygens (including phenoxy) is 1. The van der Waals surface area contributed by atoms with Crippen molar-refractivity contribution < 1.29 is 4.74 Å². The molecule has 0 aromatic rings. The second-order valence-corrected chi connectivity index (χ2v) is 4.57. The molecular formula is C10H19N3O. The smallest absolute Gasteiger partial charge is 0.0634 e. The van der Waals surface area contributed by atoms with Gasteiger partial charge in [-0.1, -0.05) is 0 Å². The van der Waals surface area contributed by atoms with E-state index in [1.807, 2.05) is 0 Å². The summed E-state index contributed by atoms with van der Waals surface area (Å²) in [5.41, 5.74) is 0. The van der Waals surface area contributed by atoms with E-state index in [1.165, 1.54) is 32.7 Å². The lowest BCUT2D eigenvalue weighted by molar-refractivity contribution is -0.0572. The van der Waals surface area contributed by atoms with Crippen molar-refractivity contribution in [1.82, 2.24) is 15.1 Å². The van der Waals surface area contributed by atoms with Crippen molar-refractivity contribution in [2.45, 2.75) is 12.1 Å². The van der Waals surface area contributed by atoms with Crippen LogP contribution in [0, 0.1) is 0 Å². The van der Waals surface area contributed by atoms with Gasteiger partial charge in [-0.2, -0.15) is 0 Å². The minimum absolute atomic E-state index is 0.665. The summed E-state index contributed by atoms with van der Waals surface area (Å²) in [5.74, 6) is 0. The Balaban J connectivity index is 1.59. The van der Waals surface area contributed by atoms with Crippen molar-refractivity contribution in [1.29, 1.82) is 0 Å². The number of nitrogens with zero attached hydrogens (tertiary/aromatic N) is 2. The maximum atomic E-state index is 5.53.